The standard InChI is InChI=1S/C30H44O10/c1-15-16(13-40-25(15)36)9-22(32)28(4,37)21-6-8-30(39)18-10-20(31)19-11-23(33)29(38,12-24(34)35)14-26(19,2)17(18)5-7-27(21,30)3/h10,15-17,19,21-23,32-33,37-39H,5-9,11-14H2,1-4H3,(H,34,35)/t15-,16+,17-,19-,21-,22+,23+,26+,27+,28+,29-,30+/m0/s1. The summed E-state index contributed by atoms with van der Waals surface area (Å²) in [6, 6.07) is 0. The highest BCUT2D eigenvalue weighted by Gasteiger charge is 2.70. The summed E-state index contributed by atoms with van der Waals surface area (Å²) in [6.07, 6.45) is 0.0912. The third-order valence-electron chi connectivity index (χ3n) is 12.2. The van der Waals surface area contributed by atoms with Crippen LogP contribution in [0.1, 0.15) is 79.1 Å². The normalized spacial score (nSPS) is 48.8. The van der Waals surface area contributed by atoms with Crippen LogP contribution in [0, 0.1) is 40.4 Å². The summed E-state index contributed by atoms with van der Waals surface area (Å²) in [5.74, 6) is -3.85. The van der Waals surface area contributed by atoms with Crippen LogP contribution in [0.5, 0.6) is 0 Å². The highest BCUT2D eigenvalue weighted by Crippen LogP contribution is 2.69. The second kappa shape index (κ2) is 9.33. The Morgan fingerprint density at radius 1 is 1.18 bits per heavy atom. The molecule has 0 aromatic heterocycles. The third kappa shape index (κ3) is 4.04. The van der Waals surface area contributed by atoms with Crippen LogP contribution in [0.4, 0.5) is 0 Å². The predicted molar refractivity (Wildman–Crippen MR) is 140 cm³/mol. The van der Waals surface area contributed by atoms with Crippen molar-refractivity contribution in [1.82, 2.24) is 0 Å². The number of hydrogen-bond donors (Lipinski definition) is 6. The largest absolute Gasteiger partial charge is 0.481 e. The second-order valence-corrected chi connectivity index (χ2v) is 14.3. The average molecular weight is 565 g/mol. The molecule has 0 bridgehead atoms. The average Bonchev–Trinajstić information content (AvgIpc) is 3.31. The van der Waals surface area contributed by atoms with Gasteiger partial charge in [0, 0.05) is 17.3 Å². The number of esters is 1. The fourth-order valence-electron chi connectivity index (χ4n) is 9.63. The lowest BCUT2D eigenvalue weighted by molar-refractivity contribution is -0.195. The van der Waals surface area contributed by atoms with E-state index < -0.39 is 64.1 Å². The highest BCUT2D eigenvalue weighted by molar-refractivity contribution is 5.95. The van der Waals surface area contributed by atoms with E-state index in [1.54, 1.807) is 13.8 Å². The molecule has 224 valence electrons. The van der Waals surface area contributed by atoms with Gasteiger partial charge in [-0.05, 0) is 80.8 Å². The van der Waals surface area contributed by atoms with Crippen molar-refractivity contribution < 1.29 is 49.8 Å². The zero-order valence-corrected chi connectivity index (χ0v) is 23.8. The molecular weight excluding hydrogens is 520 g/mol. The molecule has 4 aliphatic carbocycles. The number of carbonyl (C=O) groups is 3. The van der Waals surface area contributed by atoms with Crippen molar-refractivity contribution in [1.29, 1.82) is 0 Å². The zero-order valence-electron chi connectivity index (χ0n) is 23.8. The quantitative estimate of drug-likeness (QED) is 0.258. The number of carbonyl (C=O) groups excluding carboxylic acids is 2. The van der Waals surface area contributed by atoms with Gasteiger partial charge in [-0.1, -0.05) is 20.8 Å². The van der Waals surface area contributed by atoms with Gasteiger partial charge in [-0.3, -0.25) is 14.4 Å². The molecule has 40 heavy (non-hydrogen) atoms. The topological polar surface area (TPSA) is 182 Å². The summed E-state index contributed by atoms with van der Waals surface area (Å²) in [6.45, 7) is 7.29. The summed E-state index contributed by atoms with van der Waals surface area (Å²) in [5, 5.41) is 66.8. The van der Waals surface area contributed by atoms with Crippen molar-refractivity contribution in [3.8, 4) is 0 Å². The molecule has 1 saturated heterocycles. The van der Waals surface area contributed by atoms with Crippen molar-refractivity contribution in [2.45, 2.75) is 108 Å². The van der Waals surface area contributed by atoms with Gasteiger partial charge in [0.1, 0.15) is 5.60 Å². The smallest absolute Gasteiger partial charge is 0.309 e. The fourth-order valence-corrected chi connectivity index (χ4v) is 9.63. The molecule has 0 unspecified atom stereocenters. The molecule has 0 aromatic rings. The lowest BCUT2D eigenvalue weighted by Gasteiger charge is -2.62. The summed E-state index contributed by atoms with van der Waals surface area (Å²) in [4.78, 5) is 36.9. The van der Waals surface area contributed by atoms with Gasteiger partial charge in [0.15, 0.2) is 5.78 Å². The number of aliphatic carboxylic acids is 1. The SMILES string of the molecule is C[C@@H]1C(=O)OC[C@H]1C[C@@H](O)[C@](C)(O)[C@H]1CC[C@@]2(O)C3=CC(=O)[C@@H]4C[C@@H](O)[C@](O)(CC(=O)O)C[C@]4(C)[C@H]3CC[C@]12C. The maximum absolute atomic E-state index is 13.5. The fraction of sp³-hybridized carbons (Fsp3) is 0.833. The van der Waals surface area contributed by atoms with Crippen LogP contribution in [0.3, 0.4) is 0 Å². The van der Waals surface area contributed by atoms with Gasteiger partial charge >= 0.3 is 11.9 Å². The number of carboxylic acid groups (broad SMARTS) is 1. The number of cyclic esters (lactones) is 1. The second-order valence-electron chi connectivity index (χ2n) is 14.3. The molecule has 5 aliphatic rings. The molecule has 0 aromatic carbocycles. The molecule has 0 spiro atoms. The monoisotopic (exact) mass is 564 g/mol. The van der Waals surface area contributed by atoms with Crippen molar-refractivity contribution >= 4 is 17.7 Å². The van der Waals surface area contributed by atoms with Gasteiger partial charge in [0.05, 0.1) is 42.4 Å². The zero-order chi connectivity index (χ0) is 29.6. The third-order valence-corrected chi connectivity index (χ3v) is 12.2. The van der Waals surface area contributed by atoms with Crippen LogP contribution in [0.25, 0.3) is 0 Å². The van der Waals surface area contributed by atoms with Crippen LogP contribution >= 0.6 is 0 Å². The van der Waals surface area contributed by atoms with Gasteiger partial charge in [-0.15, -0.1) is 0 Å². The van der Waals surface area contributed by atoms with Crippen LogP contribution in [0.15, 0.2) is 11.6 Å². The van der Waals surface area contributed by atoms with E-state index in [4.69, 9.17) is 4.74 Å². The van der Waals surface area contributed by atoms with Gasteiger partial charge in [0.25, 0.3) is 0 Å². The number of aliphatic hydroxyl groups excluding tert-OH is 2. The number of ketones is 1. The molecule has 6 N–H and O–H groups in total. The van der Waals surface area contributed by atoms with Crippen LogP contribution in [-0.2, 0) is 19.1 Å². The van der Waals surface area contributed by atoms with E-state index in [1.807, 2.05) is 13.8 Å². The molecule has 5 rings (SSSR count). The minimum absolute atomic E-state index is 0.0512. The number of carboxylic acids is 1. The molecule has 1 heterocycles. The summed E-state index contributed by atoms with van der Waals surface area (Å²) < 4.78 is 5.13. The summed E-state index contributed by atoms with van der Waals surface area (Å²) >= 11 is 0. The molecule has 0 radical (unpaired) electrons. The number of ether oxygens (including phenoxy) is 1. The van der Waals surface area contributed by atoms with E-state index in [0.29, 0.717) is 24.8 Å². The molecule has 4 fully saturated rings. The Bertz CT molecular complexity index is 1130. The van der Waals surface area contributed by atoms with E-state index in [1.165, 1.54) is 6.08 Å². The van der Waals surface area contributed by atoms with E-state index >= 15 is 0 Å². The molecule has 3 saturated carbocycles. The van der Waals surface area contributed by atoms with E-state index in [-0.39, 0.29) is 61.8 Å². The van der Waals surface area contributed by atoms with Crippen molar-refractivity contribution in [3.05, 3.63) is 11.6 Å². The minimum atomic E-state index is -1.89. The Kier molecular flexibility index (Phi) is 6.91. The van der Waals surface area contributed by atoms with E-state index in [9.17, 15) is 45.0 Å². The van der Waals surface area contributed by atoms with Crippen LogP contribution < -0.4 is 0 Å². The van der Waals surface area contributed by atoms with Crippen LogP contribution in [0.2, 0.25) is 0 Å². The summed E-state index contributed by atoms with van der Waals surface area (Å²) in [5.41, 5.74) is -6.11. The first kappa shape index (κ1) is 29.6. The molecule has 1 aliphatic heterocycles. The molecule has 0 amide bonds. The maximum atomic E-state index is 13.5. The Morgan fingerprint density at radius 2 is 1.85 bits per heavy atom. The Hall–Kier alpha value is -1.85. The number of aliphatic hydroxyl groups is 5. The first-order chi connectivity index (χ1) is 18.4. The molecule has 10 heteroatoms. The lowest BCUT2D eigenvalue weighted by Crippen LogP contribution is -2.64. The highest BCUT2D eigenvalue weighted by atomic mass is 16.5. The molecule has 12 atom stereocenters. The van der Waals surface area contributed by atoms with Gasteiger partial charge in [-0.25, -0.2) is 0 Å². The number of rotatable bonds is 6. The first-order valence-corrected chi connectivity index (χ1v) is 14.6. The Balaban J connectivity index is 1.45. The van der Waals surface area contributed by atoms with Crippen LogP contribution in [-0.4, -0.2) is 84.0 Å². The van der Waals surface area contributed by atoms with Gasteiger partial charge < -0.3 is 35.4 Å². The maximum Gasteiger partial charge on any atom is 0.309 e. The van der Waals surface area contributed by atoms with Crippen molar-refractivity contribution in [3.63, 3.8) is 0 Å². The number of fused-ring (bicyclic) bond motifs is 5. The minimum Gasteiger partial charge on any atom is -0.481 e. The van der Waals surface area contributed by atoms with E-state index in [2.05, 4.69) is 0 Å². The Morgan fingerprint density at radius 3 is 2.45 bits per heavy atom. The Labute approximate surface area is 234 Å². The molecular formula is C30H44O10. The van der Waals surface area contributed by atoms with E-state index in [0.717, 1.165) is 0 Å². The van der Waals surface area contributed by atoms with Crippen molar-refractivity contribution in [2.75, 3.05) is 6.61 Å². The van der Waals surface area contributed by atoms with Gasteiger partial charge in [-0.2, -0.15) is 0 Å². The summed E-state index contributed by atoms with van der Waals surface area (Å²) in [7, 11) is 0. The predicted octanol–water partition coefficient (Wildman–Crippen LogP) is 1.35. The lowest BCUT2D eigenvalue weighted by atomic mass is 9.44. The number of allylic oxidation sites excluding steroid dienone is 1. The van der Waals surface area contributed by atoms with Crippen molar-refractivity contribution in [2.24, 2.45) is 40.4 Å². The first-order valence-electron chi connectivity index (χ1n) is 14.6. The van der Waals surface area contributed by atoms with Gasteiger partial charge in [0.2, 0.25) is 0 Å². The molecule has 10 nitrogen and oxygen atoms in total. The number of hydrogen-bond acceptors (Lipinski definition) is 9.